The first kappa shape index (κ1) is 17.7. The third-order valence-electron chi connectivity index (χ3n) is 5.34. The quantitative estimate of drug-likeness (QED) is 0.730. The van der Waals surface area contributed by atoms with Crippen LogP contribution < -0.4 is 10.6 Å². The van der Waals surface area contributed by atoms with Crippen LogP contribution in [0.25, 0.3) is 16.7 Å². The molecule has 1 aliphatic heterocycles. The van der Waals surface area contributed by atoms with Gasteiger partial charge >= 0.3 is 0 Å². The number of carbonyl (C=O) groups is 1. The molecular weight excluding hydrogens is 340 g/mol. The van der Waals surface area contributed by atoms with E-state index in [1.807, 2.05) is 48.8 Å². The number of para-hydroxylation sites is 2. The summed E-state index contributed by atoms with van der Waals surface area (Å²) in [7, 11) is 1.62. The largest absolute Gasteiger partial charge is 0.368 e. The van der Waals surface area contributed by atoms with Crippen molar-refractivity contribution < 1.29 is 9.53 Å². The van der Waals surface area contributed by atoms with Crippen LogP contribution in [0.2, 0.25) is 0 Å². The summed E-state index contributed by atoms with van der Waals surface area (Å²) in [5, 5.41) is 6.30. The van der Waals surface area contributed by atoms with Crippen molar-refractivity contribution in [3.63, 3.8) is 0 Å². The number of hydrogen-bond donors (Lipinski definition) is 2. The molecule has 0 unspecified atom stereocenters. The molecule has 2 N–H and O–H groups in total. The molecule has 0 radical (unpaired) electrons. The van der Waals surface area contributed by atoms with E-state index in [1.165, 1.54) is 0 Å². The van der Waals surface area contributed by atoms with Crippen LogP contribution in [0.5, 0.6) is 0 Å². The van der Waals surface area contributed by atoms with Crippen molar-refractivity contribution in [2.75, 3.05) is 20.2 Å². The zero-order valence-corrected chi connectivity index (χ0v) is 15.4. The van der Waals surface area contributed by atoms with Gasteiger partial charge in [-0.2, -0.15) is 0 Å². The average molecular weight is 364 g/mol. The van der Waals surface area contributed by atoms with Crippen LogP contribution in [0.1, 0.15) is 18.4 Å². The van der Waals surface area contributed by atoms with E-state index in [2.05, 4.69) is 26.3 Å². The zero-order chi connectivity index (χ0) is 18.7. The van der Waals surface area contributed by atoms with E-state index in [0.29, 0.717) is 19.4 Å². The first-order valence-electron chi connectivity index (χ1n) is 9.27. The Morgan fingerprint density at radius 2 is 1.93 bits per heavy atom. The van der Waals surface area contributed by atoms with E-state index in [1.54, 1.807) is 7.11 Å². The maximum atomic E-state index is 12.6. The predicted octanol–water partition coefficient (Wildman–Crippen LogP) is 2.41. The molecule has 6 nitrogen and oxygen atoms in total. The highest BCUT2D eigenvalue weighted by Gasteiger charge is 2.39. The molecule has 27 heavy (non-hydrogen) atoms. The Bertz CT molecular complexity index is 927. The van der Waals surface area contributed by atoms with Gasteiger partial charge in [-0.1, -0.05) is 24.3 Å². The molecule has 0 atom stereocenters. The zero-order valence-electron chi connectivity index (χ0n) is 15.4. The summed E-state index contributed by atoms with van der Waals surface area (Å²) in [6, 6.07) is 16.2. The minimum absolute atomic E-state index is 0.0313. The van der Waals surface area contributed by atoms with Crippen molar-refractivity contribution in [3.05, 3.63) is 60.4 Å². The molecular formula is C21H24N4O2. The number of ether oxygens (including phenoxy) is 1. The van der Waals surface area contributed by atoms with E-state index < -0.39 is 5.60 Å². The number of hydrogen-bond acceptors (Lipinski definition) is 4. The monoisotopic (exact) mass is 364 g/mol. The third kappa shape index (κ3) is 3.46. The topological polar surface area (TPSA) is 68.2 Å². The summed E-state index contributed by atoms with van der Waals surface area (Å²) in [6.07, 6.45) is 3.23. The molecule has 1 fully saturated rings. The maximum Gasteiger partial charge on any atom is 0.252 e. The molecule has 6 heteroatoms. The van der Waals surface area contributed by atoms with Crippen molar-refractivity contribution in [1.29, 1.82) is 0 Å². The van der Waals surface area contributed by atoms with Crippen LogP contribution in [0.4, 0.5) is 0 Å². The standard InChI is InChI=1S/C21H24N4O2/c1-27-21(10-12-22-13-11-21)20(26)23-14-16-6-8-17(9-7-16)25-15-24-18-4-2-3-5-19(18)25/h2-9,15,22H,10-14H2,1H3,(H,23,26). The summed E-state index contributed by atoms with van der Waals surface area (Å²) in [4.78, 5) is 17.1. The number of benzene rings is 2. The number of methoxy groups -OCH3 is 1. The van der Waals surface area contributed by atoms with Crippen LogP contribution in [0, 0.1) is 0 Å². The van der Waals surface area contributed by atoms with Crippen molar-refractivity contribution in [2.45, 2.75) is 25.0 Å². The molecule has 3 aromatic rings. The first-order valence-corrected chi connectivity index (χ1v) is 9.27. The fraction of sp³-hybridized carbons (Fsp3) is 0.333. The molecule has 1 saturated heterocycles. The number of piperidine rings is 1. The van der Waals surface area contributed by atoms with Crippen molar-refractivity contribution in [3.8, 4) is 5.69 Å². The molecule has 0 bridgehead atoms. The minimum atomic E-state index is -0.707. The van der Waals surface area contributed by atoms with E-state index in [-0.39, 0.29) is 5.91 Å². The molecule has 140 valence electrons. The summed E-state index contributed by atoms with van der Waals surface area (Å²) in [6.45, 7) is 2.09. The Morgan fingerprint density at radius 3 is 2.67 bits per heavy atom. The van der Waals surface area contributed by atoms with Gasteiger partial charge < -0.3 is 15.4 Å². The van der Waals surface area contributed by atoms with E-state index in [0.717, 1.165) is 35.4 Å². The van der Waals surface area contributed by atoms with Gasteiger partial charge in [-0.25, -0.2) is 4.98 Å². The van der Waals surface area contributed by atoms with Gasteiger partial charge in [-0.15, -0.1) is 0 Å². The third-order valence-corrected chi connectivity index (χ3v) is 5.34. The van der Waals surface area contributed by atoms with Crippen LogP contribution >= 0.6 is 0 Å². The second kappa shape index (κ2) is 7.50. The number of carbonyl (C=O) groups excluding carboxylic acids is 1. The molecule has 0 saturated carbocycles. The minimum Gasteiger partial charge on any atom is -0.368 e. The summed E-state index contributed by atoms with van der Waals surface area (Å²) < 4.78 is 7.64. The Labute approximate surface area is 158 Å². The van der Waals surface area contributed by atoms with E-state index >= 15 is 0 Å². The van der Waals surface area contributed by atoms with Crippen molar-refractivity contribution in [1.82, 2.24) is 20.2 Å². The highest BCUT2D eigenvalue weighted by molar-refractivity contribution is 5.85. The second-order valence-corrected chi connectivity index (χ2v) is 6.90. The molecule has 1 aromatic heterocycles. The average Bonchev–Trinajstić information content (AvgIpc) is 3.17. The Kier molecular flexibility index (Phi) is 4.92. The number of amides is 1. The lowest BCUT2D eigenvalue weighted by molar-refractivity contribution is -0.146. The van der Waals surface area contributed by atoms with Crippen LogP contribution in [-0.2, 0) is 16.1 Å². The number of fused-ring (bicyclic) bond motifs is 1. The van der Waals surface area contributed by atoms with Crippen molar-refractivity contribution >= 4 is 16.9 Å². The highest BCUT2D eigenvalue weighted by Crippen LogP contribution is 2.23. The molecule has 2 aromatic carbocycles. The second-order valence-electron chi connectivity index (χ2n) is 6.90. The van der Waals surface area contributed by atoms with Gasteiger partial charge in [-0.05, 0) is 55.8 Å². The summed E-state index contributed by atoms with van der Waals surface area (Å²) in [5.41, 5.74) is 3.44. The number of nitrogens with zero attached hydrogens (tertiary/aromatic N) is 2. The number of aromatic nitrogens is 2. The first-order chi connectivity index (χ1) is 13.2. The normalized spacial score (nSPS) is 16.3. The number of imidazole rings is 1. The van der Waals surface area contributed by atoms with Crippen molar-refractivity contribution in [2.24, 2.45) is 0 Å². The smallest absolute Gasteiger partial charge is 0.252 e. The van der Waals surface area contributed by atoms with Gasteiger partial charge in [0.1, 0.15) is 11.9 Å². The fourth-order valence-electron chi connectivity index (χ4n) is 3.64. The molecule has 2 heterocycles. The molecule has 0 aliphatic carbocycles. The maximum absolute atomic E-state index is 12.6. The van der Waals surface area contributed by atoms with Crippen LogP contribution in [0.15, 0.2) is 54.9 Å². The lowest BCUT2D eigenvalue weighted by atomic mass is 9.91. The van der Waals surface area contributed by atoms with Crippen LogP contribution in [0.3, 0.4) is 0 Å². The molecule has 4 rings (SSSR count). The highest BCUT2D eigenvalue weighted by atomic mass is 16.5. The molecule has 1 aliphatic rings. The van der Waals surface area contributed by atoms with E-state index in [4.69, 9.17) is 4.74 Å². The van der Waals surface area contributed by atoms with Crippen LogP contribution in [-0.4, -0.2) is 41.3 Å². The lowest BCUT2D eigenvalue weighted by Crippen LogP contribution is -2.53. The van der Waals surface area contributed by atoms with Gasteiger partial charge in [0, 0.05) is 19.3 Å². The number of rotatable bonds is 5. The fourth-order valence-corrected chi connectivity index (χ4v) is 3.64. The predicted molar refractivity (Wildman–Crippen MR) is 105 cm³/mol. The van der Waals surface area contributed by atoms with Gasteiger partial charge in [-0.3, -0.25) is 9.36 Å². The SMILES string of the molecule is COC1(C(=O)NCc2ccc(-n3cnc4ccccc43)cc2)CCNCC1. The Morgan fingerprint density at radius 1 is 1.19 bits per heavy atom. The van der Waals surface area contributed by atoms with Gasteiger partial charge in [0.05, 0.1) is 11.0 Å². The molecule has 0 spiro atoms. The van der Waals surface area contributed by atoms with Gasteiger partial charge in [0.15, 0.2) is 0 Å². The number of nitrogens with one attached hydrogen (secondary N) is 2. The Balaban J connectivity index is 1.44. The summed E-state index contributed by atoms with van der Waals surface area (Å²) in [5.74, 6) is -0.0313. The lowest BCUT2D eigenvalue weighted by Gasteiger charge is -2.34. The Hall–Kier alpha value is -2.70. The van der Waals surface area contributed by atoms with Gasteiger partial charge in [0.25, 0.3) is 5.91 Å². The van der Waals surface area contributed by atoms with E-state index in [9.17, 15) is 4.79 Å². The molecule has 1 amide bonds. The van der Waals surface area contributed by atoms with Gasteiger partial charge in [0.2, 0.25) is 0 Å². The summed E-state index contributed by atoms with van der Waals surface area (Å²) >= 11 is 0.